The van der Waals surface area contributed by atoms with E-state index < -0.39 is 0 Å². The van der Waals surface area contributed by atoms with E-state index >= 15 is 0 Å². The van der Waals surface area contributed by atoms with Gasteiger partial charge in [0.05, 0.1) is 19.3 Å². The van der Waals surface area contributed by atoms with Crippen LogP contribution in [0.3, 0.4) is 0 Å². The lowest BCUT2D eigenvalue weighted by Gasteiger charge is -2.34. The minimum absolute atomic E-state index is 0.294. The predicted molar refractivity (Wildman–Crippen MR) is 95.4 cm³/mol. The van der Waals surface area contributed by atoms with E-state index in [4.69, 9.17) is 21.1 Å². The van der Waals surface area contributed by atoms with Gasteiger partial charge < -0.3 is 14.4 Å². The average molecular weight is 344 g/mol. The van der Waals surface area contributed by atoms with Crippen molar-refractivity contribution in [1.29, 1.82) is 0 Å². The highest BCUT2D eigenvalue weighted by molar-refractivity contribution is 6.30. The molecule has 1 fully saturated rings. The number of piperazine rings is 1. The van der Waals surface area contributed by atoms with Crippen LogP contribution >= 0.6 is 11.6 Å². The van der Waals surface area contributed by atoms with E-state index in [-0.39, 0.29) is 0 Å². The second-order valence-corrected chi connectivity index (χ2v) is 6.21. The van der Waals surface area contributed by atoms with Crippen LogP contribution in [0.15, 0.2) is 47.6 Å². The average Bonchev–Trinajstić information content (AvgIpc) is 3.09. The molecular formula is C18H18ClN3O2. The van der Waals surface area contributed by atoms with Crippen molar-refractivity contribution < 1.29 is 9.47 Å². The lowest BCUT2D eigenvalue weighted by Crippen LogP contribution is -2.44. The van der Waals surface area contributed by atoms with Crippen LogP contribution in [0.2, 0.25) is 5.02 Å². The van der Waals surface area contributed by atoms with Crippen molar-refractivity contribution in [1.82, 2.24) is 5.01 Å². The van der Waals surface area contributed by atoms with Crippen molar-refractivity contribution in [3.05, 3.63) is 53.1 Å². The number of halogens is 1. The van der Waals surface area contributed by atoms with E-state index in [2.05, 4.69) is 27.1 Å². The quantitative estimate of drug-likeness (QED) is 0.802. The van der Waals surface area contributed by atoms with E-state index in [1.807, 2.05) is 36.5 Å². The summed E-state index contributed by atoms with van der Waals surface area (Å²) < 4.78 is 10.7. The Labute approximate surface area is 146 Å². The molecule has 0 bridgehead atoms. The highest BCUT2D eigenvalue weighted by Crippen LogP contribution is 2.32. The minimum atomic E-state index is 0.294. The molecule has 2 aromatic rings. The molecule has 0 aromatic heterocycles. The normalized spacial score (nSPS) is 16.9. The van der Waals surface area contributed by atoms with Gasteiger partial charge in [0.1, 0.15) is 0 Å². The van der Waals surface area contributed by atoms with Gasteiger partial charge in [-0.25, -0.2) is 0 Å². The number of fused-ring (bicyclic) bond motifs is 1. The van der Waals surface area contributed by atoms with Crippen LogP contribution in [0.5, 0.6) is 11.5 Å². The molecule has 4 rings (SSSR count). The van der Waals surface area contributed by atoms with E-state index in [1.54, 1.807) is 0 Å². The Balaban J connectivity index is 1.35. The Hall–Kier alpha value is -2.40. The zero-order valence-corrected chi connectivity index (χ0v) is 13.9. The second-order valence-electron chi connectivity index (χ2n) is 5.77. The number of hydrogen-bond donors (Lipinski definition) is 0. The van der Waals surface area contributed by atoms with Crippen LogP contribution in [-0.2, 0) is 0 Å². The molecule has 6 heteroatoms. The number of nitrogens with zero attached hydrogens (tertiary/aromatic N) is 3. The number of ether oxygens (including phenoxy) is 2. The minimum Gasteiger partial charge on any atom is -0.454 e. The number of anilines is 1. The molecule has 2 aromatic carbocycles. The summed E-state index contributed by atoms with van der Waals surface area (Å²) in [6, 6.07) is 13.8. The Kier molecular flexibility index (Phi) is 4.17. The molecule has 0 spiro atoms. The summed E-state index contributed by atoms with van der Waals surface area (Å²) in [4.78, 5) is 2.35. The standard InChI is InChI=1S/C18H18ClN3O2/c19-15-2-4-16(5-3-15)21-7-9-22(10-8-21)20-12-14-1-6-17-18(11-14)24-13-23-17/h1-6,11-12H,7-10,13H2/b20-12+. The van der Waals surface area contributed by atoms with Crippen molar-refractivity contribution in [3.63, 3.8) is 0 Å². The molecule has 5 nitrogen and oxygen atoms in total. The molecule has 0 N–H and O–H groups in total. The second kappa shape index (κ2) is 6.61. The predicted octanol–water partition coefficient (Wildman–Crippen LogP) is 3.22. The summed E-state index contributed by atoms with van der Waals surface area (Å²) in [5.41, 5.74) is 2.22. The maximum atomic E-state index is 5.95. The molecule has 2 aliphatic heterocycles. The summed E-state index contributed by atoms with van der Waals surface area (Å²) in [6.45, 7) is 3.97. The molecule has 24 heavy (non-hydrogen) atoms. The van der Waals surface area contributed by atoms with Crippen molar-refractivity contribution >= 4 is 23.5 Å². The third-order valence-electron chi connectivity index (χ3n) is 4.21. The molecule has 0 radical (unpaired) electrons. The highest BCUT2D eigenvalue weighted by atomic mass is 35.5. The summed E-state index contributed by atoms with van der Waals surface area (Å²) in [6.07, 6.45) is 1.87. The molecule has 0 atom stereocenters. The Morgan fingerprint density at radius 1 is 0.917 bits per heavy atom. The summed E-state index contributed by atoms with van der Waals surface area (Å²) in [7, 11) is 0. The van der Waals surface area contributed by atoms with Crippen LogP contribution in [0.4, 0.5) is 5.69 Å². The summed E-state index contributed by atoms with van der Waals surface area (Å²) >= 11 is 5.95. The van der Waals surface area contributed by atoms with Gasteiger partial charge >= 0.3 is 0 Å². The van der Waals surface area contributed by atoms with Crippen LogP contribution in [0.1, 0.15) is 5.56 Å². The third-order valence-corrected chi connectivity index (χ3v) is 4.47. The molecule has 0 saturated carbocycles. The number of rotatable bonds is 3. The first kappa shape index (κ1) is 15.1. The van der Waals surface area contributed by atoms with Gasteiger partial charge in [-0.1, -0.05) is 11.6 Å². The SMILES string of the molecule is Clc1ccc(N2CCN(/N=C/c3ccc4c(c3)OCO4)CC2)cc1. The number of hydrazone groups is 1. The first-order valence-corrected chi connectivity index (χ1v) is 8.35. The molecular weight excluding hydrogens is 326 g/mol. The Morgan fingerprint density at radius 2 is 1.67 bits per heavy atom. The molecule has 0 unspecified atom stereocenters. The summed E-state index contributed by atoms with van der Waals surface area (Å²) in [5.74, 6) is 1.58. The van der Waals surface area contributed by atoms with E-state index in [0.29, 0.717) is 6.79 Å². The smallest absolute Gasteiger partial charge is 0.231 e. The molecule has 2 aliphatic rings. The largest absolute Gasteiger partial charge is 0.454 e. The van der Waals surface area contributed by atoms with Gasteiger partial charge in [-0.05, 0) is 48.0 Å². The fraction of sp³-hybridized carbons (Fsp3) is 0.278. The van der Waals surface area contributed by atoms with Crippen LogP contribution in [0.25, 0.3) is 0 Å². The van der Waals surface area contributed by atoms with Crippen molar-refractivity contribution in [2.45, 2.75) is 0 Å². The van der Waals surface area contributed by atoms with Gasteiger partial charge in [0.15, 0.2) is 11.5 Å². The van der Waals surface area contributed by atoms with Crippen LogP contribution < -0.4 is 14.4 Å². The molecule has 1 saturated heterocycles. The number of hydrogen-bond acceptors (Lipinski definition) is 5. The van der Waals surface area contributed by atoms with Crippen molar-refractivity contribution in [2.24, 2.45) is 5.10 Å². The number of benzene rings is 2. The van der Waals surface area contributed by atoms with Crippen molar-refractivity contribution in [2.75, 3.05) is 37.9 Å². The maximum Gasteiger partial charge on any atom is 0.231 e. The van der Waals surface area contributed by atoms with Gasteiger partial charge in [0, 0.05) is 23.8 Å². The monoisotopic (exact) mass is 343 g/mol. The Bertz CT molecular complexity index is 740. The van der Waals surface area contributed by atoms with Gasteiger partial charge in [0.2, 0.25) is 6.79 Å². The first-order valence-electron chi connectivity index (χ1n) is 7.97. The van der Waals surface area contributed by atoms with E-state index in [9.17, 15) is 0 Å². The fourth-order valence-corrected chi connectivity index (χ4v) is 2.99. The molecule has 0 amide bonds. The maximum absolute atomic E-state index is 5.95. The van der Waals surface area contributed by atoms with E-state index in [0.717, 1.165) is 48.3 Å². The van der Waals surface area contributed by atoms with Gasteiger partial charge in [-0.15, -0.1) is 0 Å². The van der Waals surface area contributed by atoms with Gasteiger partial charge in [-0.2, -0.15) is 5.10 Å². The van der Waals surface area contributed by atoms with Crippen LogP contribution in [0, 0.1) is 0 Å². The fourth-order valence-electron chi connectivity index (χ4n) is 2.86. The molecule has 124 valence electrons. The van der Waals surface area contributed by atoms with E-state index in [1.165, 1.54) is 5.69 Å². The van der Waals surface area contributed by atoms with Crippen LogP contribution in [-0.4, -0.2) is 44.2 Å². The molecule has 0 aliphatic carbocycles. The van der Waals surface area contributed by atoms with Crippen molar-refractivity contribution in [3.8, 4) is 11.5 Å². The first-order chi connectivity index (χ1) is 11.8. The zero-order valence-electron chi connectivity index (χ0n) is 13.2. The Morgan fingerprint density at radius 3 is 2.46 bits per heavy atom. The highest BCUT2D eigenvalue weighted by Gasteiger charge is 2.16. The lowest BCUT2D eigenvalue weighted by atomic mass is 10.2. The third kappa shape index (κ3) is 3.26. The zero-order chi connectivity index (χ0) is 16.4. The topological polar surface area (TPSA) is 37.3 Å². The molecule has 2 heterocycles. The van der Waals surface area contributed by atoms with Gasteiger partial charge in [-0.3, -0.25) is 5.01 Å². The summed E-state index contributed by atoms with van der Waals surface area (Å²) in [5, 5.41) is 7.45. The lowest BCUT2D eigenvalue weighted by molar-refractivity contribution is 0.174. The van der Waals surface area contributed by atoms with Gasteiger partial charge in [0.25, 0.3) is 0 Å².